The Morgan fingerprint density at radius 1 is 0.800 bits per heavy atom. The molecule has 2 nitrogen and oxygen atoms in total. The molecular formula is C27H27FeNO+2. The normalized spacial score (nSPS) is 22.2. The Morgan fingerprint density at radius 2 is 1.43 bits per heavy atom. The van der Waals surface area contributed by atoms with Crippen molar-refractivity contribution in [3.63, 3.8) is 0 Å². The van der Waals surface area contributed by atoms with Gasteiger partial charge in [-0.2, -0.15) is 0 Å². The van der Waals surface area contributed by atoms with Crippen molar-refractivity contribution in [3.8, 4) is 0 Å². The second kappa shape index (κ2) is 10.3. The fourth-order valence-corrected chi connectivity index (χ4v) is 3.59. The van der Waals surface area contributed by atoms with E-state index in [-0.39, 0.29) is 28.5 Å². The van der Waals surface area contributed by atoms with E-state index in [1.165, 1.54) is 22.3 Å². The Labute approximate surface area is 193 Å². The summed E-state index contributed by atoms with van der Waals surface area (Å²) in [6.07, 6.45) is 16.4. The molecule has 0 saturated heterocycles. The van der Waals surface area contributed by atoms with Gasteiger partial charge in [-0.25, -0.2) is 4.99 Å². The van der Waals surface area contributed by atoms with Crippen LogP contribution in [-0.2, 0) is 21.8 Å². The average Bonchev–Trinajstić information content (AvgIpc) is 3.50. The number of fused-ring (bicyclic) bond motifs is 1. The average molecular weight is 437 g/mol. The molecule has 0 bridgehead atoms. The first-order valence-corrected chi connectivity index (χ1v) is 10.2. The fourth-order valence-electron chi connectivity index (χ4n) is 3.59. The fraction of sp³-hybridized carbons (Fsp3) is 0.222. The van der Waals surface area contributed by atoms with E-state index in [2.05, 4.69) is 82.5 Å². The number of hydrogen-bond acceptors (Lipinski definition) is 2. The van der Waals surface area contributed by atoms with Gasteiger partial charge in [0.15, 0.2) is 5.90 Å². The molecule has 2 saturated carbocycles. The number of hydrogen-bond donors (Lipinski definition) is 0. The van der Waals surface area contributed by atoms with E-state index >= 15 is 0 Å². The van der Waals surface area contributed by atoms with Gasteiger partial charge in [0.05, 0.1) is 12.0 Å². The zero-order chi connectivity index (χ0) is 20.3. The van der Waals surface area contributed by atoms with Crippen molar-refractivity contribution < 1.29 is 21.8 Å². The summed E-state index contributed by atoms with van der Waals surface area (Å²) in [5, 5.41) is 2.52. The third-order valence-corrected chi connectivity index (χ3v) is 5.33. The molecule has 1 heterocycles. The monoisotopic (exact) mass is 437 g/mol. The van der Waals surface area contributed by atoms with Crippen molar-refractivity contribution >= 4 is 16.7 Å². The zero-order valence-electron chi connectivity index (χ0n) is 17.7. The Bertz CT molecular complexity index is 836. The van der Waals surface area contributed by atoms with Crippen LogP contribution in [0.15, 0.2) is 47.5 Å². The molecule has 3 aliphatic rings. The summed E-state index contributed by atoms with van der Waals surface area (Å²) in [6, 6.07) is 15.2. The van der Waals surface area contributed by atoms with Crippen LogP contribution in [0.25, 0.3) is 10.8 Å². The molecule has 0 N–H and O–H groups in total. The van der Waals surface area contributed by atoms with E-state index < -0.39 is 0 Å². The third kappa shape index (κ3) is 5.29. The van der Waals surface area contributed by atoms with E-state index in [1.54, 1.807) is 0 Å². The quantitative estimate of drug-likeness (QED) is 0.542. The largest absolute Gasteiger partial charge is 2.00 e. The van der Waals surface area contributed by atoms with Crippen LogP contribution in [0.5, 0.6) is 0 Å². The van der Waals surface area contributed by atoms with Crippen molar-refractivity contribution in [2.24, 2.45) is 10.4 Å². The van der Waals surface area contributed by atoms with E-state index in [0.717, 1.165) is 11.8 Å². The molecule has 5 rings (SSSR count). The van der Waals surface area contributed by atoms with Crippen LogP contribution in [0.1, 0.15) is 26.3 Å². The Balaban J connectivity index is 0.000000376. The summed E-state index contributed by atoms with van der Waals surface area (Å²) in [7, 11) is 0. The topological polar surface area (TPSA) is 21.6 Å². The molecule has 3 heteroatoms. The second-order valence-corrected chi connectivity index (χ2v) is 8.47. The smallest absolute Gasteiger partial charge is 0.478 e. The van der Waals surface area contributed by atoms with Crippen LogP contribution in [0.4, 0.5) is 0 Å². The van der Waals surface area contributed by atoms with Gasteiger partial charge in [-0.15, -0.1) is 0 Å². The number of nitrogens with zero attached hydrogens (tertiary/aromatic N) is 1. The van der Waals surface area contributed by atoms with Crippen LogP contribution in [0.2, 0.25) is 0 Å². The maximum atomic E-state index is 5.96. The summed E-state index contributed by atoms with van der Waals surface area (Å²) in [5.74, 6) is 3.07. The van der Waals surface area contributed by atoms with Crippen molar-refractivity contribution in [2.45, 2.75) is 26.8 Å². The van der Waals surface area contributed by atoms with Gasteiger partial charge in [-0.1, -0.05) is 63.2 Å². The maximum absolute atomic E-state index is 5.96. The van der Waals surface area contributed by atoms with Crippen LogP contribution in [0, 0.1) is 68.6 Å². The van der Waals surface area contributed by atoms with E-state index in [0.29, 0.717) is 6.61 Å². The third-order valence-electron chi connectivity index (χ3n) is 5.33. The molecule has 0 spiro atoms. The first kappa shape index (κ1) is 23.4. The summed E-state index contributed by atoms with van der Waals surface area (Å²) in [4.78, 5) is 4.86. The molecule has 0 aromatic heterocycles. The summed E-state index contributed by atoms with van der Waals surface area (Å²) < 4.78 is 5.96. The molecular weight excluding hydrogens is 410 g/mol. The van der Waals surface area contributed by atoms with Gasteiger partial charge < -0.3 is 4.74 Å². The Morgan fingerprint density at radius 3 is 2.10 bits per heavy atom. The number of aliphatic imine (C=N–C) groups is 1. The van der Waals surface area contributed by atoms with E-state index in [1.807, 2.05) is 32.1 Å². The first-order valence-electron chi connectivity index (χ1n) is 10.2. The van der Waals surface area contributed by atoms with Gasteiger partial charge >= 0.3 is 17.1 Å². The molecule has 30 heavy (non-hydrogen) atoms. The number of ether oxygens (including phenoxy) is 1. The van der Waals surface area contributed by atoms with Crippen molar-refractivity contribution in [1.82, 2.24) is 0 Å². The molecule has 0 unspecified atom stereocenters. The Hall–Kier alpha value is -1.31. The zero-order valence-corrected chi connectivity index (χ0v) is 18.8. The minimum atomic E-state index is 0. The predicted molar refractivity (Wildman–Crippen MR) is 121 cm³/mol. The van der Waals surface area contributed by atoms with Gasteiger partial charge in [0.25, 0.3) is 0 Å². The van der Waals surface area contributed by atoms with E-state index in [4.69, 9.17) is 9.73 Å². The van der Waals surface area contributed by atoms with E-state index in [9.17, 15) is 0 Å². The molecule has 10 radical (unpaired) electrons. The standard InChI is InChI=1S/C22H22NO.C5H5.Fe/c1-22(2,3)20-14-24-21(23-20)19-13-7-12-18(19)17-11-6-9-15-8-4-5-10-16(15)17;1-2-4-5-3-1;/h4-13,20H,14H2,1-3H3;1-5H;/q;;+2/t20-;;/m1../s1. The molecule has 1 aliphatic heterocycles. The van der Waals surface area contributed by atoms with Crippen LogP contribution in [0.3, 0.4) is 0 Å². The second-order valence-electron chi connectivity index (χ2n) is 8.47. The Kier molecular flexibility index (Phi) is 8.04. The molecule has 2 aromatic carbocycles. The van der Waals surface area contributed by atoms with Gasteiger partial charge in [-0.3, -0.25) is 0 Å². The molecule has 2 aliphatic carbocycles. The summed E-state index contributed by atoms with van der Waals surface area (Å²) in [6.45, 7) is 7.30. The van der Waals surface area contributed by atoms with Crippen LogP contribution in [-0.4, -0.2) is 18.5 Å². The maximum Gasteiger partial charge on any atom is 2.00 e. The van der Waals surface area contributed by atoms with Crippen LogP contribution < -0.4 is 0 Å². The summed E-state index contributed by atoms with van der Waals surface area (Å²) >= 11 is 0. The predicted octanol–water partition coefficient (Wildman–Crippen LogP) is 5.83. The molecule has 2 aromatic rings. The van der Waals surface area contributed by atoms with Gasteiger partial charge in [0, 0.05) is 5.92 Å². The van der Waals surface area contributed by atoms with Crippen molar-refractivity contribution in [3.05, 3.63) is 111 Å². The number of benzene rings is 2. The summed E-state index contributed by atoms with van der Waals surface area (Å²) in [5.41, 5.74) is 1.35. The minimum Gasteiger partial charge on any atom is -0.478 e. The van der Waals surface area contributed by atoms with Crippen molar-refractivity contribution in [2.75, 3.05) is 6.61 Å². The molecule has 2 fully saturated rings. The molecule has 1 atom stereocenters. The van der Waals surface area contributed by atoms with Crippen molar-refractivity contribution in [1.29, 1.82) is 0 Å². The molecule has 152 valence electrons. The first-order chi connectivity index (χ1) is 14.0. The van der Waals surface area contributed by atoms with Crippen LogP contribution >= 0.6 is 0 Å². The SMILES string of the molecule is CC(C)(C)[C@H]1COC([C]2[CH][CH][CH][C]2c2cccc3ccccc23)=N1.[CH]1[CH][CH][CH][CH]1.[Fe+2]. The molecule has 0 amide bonds. The van der Waals surface area contributed by atoms with Gasteiger partial charge in [-0.05, 0) is 73.1 Å². The van der Waals surface area contributed by atoms with Gasteiger partial charge in [0.2, 0.25) is 0 Å². The number of rotatable bonds is 2. The van der Waals surface area contributed by atoms with Gasteiger partial charge in [0.1, 0.15) is 6.61 Å². The minimum absolute atomic E-state index is 0.